The van der Waals surface area contributed by atoms with Crippen LogP contribution in [-0.4, -0.2) is 54.1 Å². The molecule has 5 nitrogen and oxygen atoms in total. The molecular formula is C8H11NO4. The highest BCUT2D eigenvalue weighted by molar-refractivity contribution is 5.65. The van der Waals surface area contributed by atoms with E-state index >= 15 is 0 Å². The summed E-state index contributed by atoms with van der Waals surface area (Å²) >= 11 is 0. The summed E-state index contributed by atoms with van der Waals surface area (Å²) in [5, 5.41) is 8.79. The molecule has 0 aromatic heterocycles. The van der Waals surface area contributed by atoms with Gasteiger partial charge in [0, 0.05) is 12.5 Å². The van der Waals surface area contributed by atoms with Crippen molar-refractivity contribution in [3.8, 4) is 0 Å². The zero-order valence-electron chi connectivity index (χ0n) is 7.05. The number of hydrogen-bond donors (Lipinski definition) is 1. The summed E-state index contributed by atoms with van der Waals surface area (Å²) < 4.78 is 10.9. The molecule has 1 amide bonds. The maximum Gasteiger partial charge on any atom is 0.407 e. The first kappa shape index (κ1) is 7.58. The number of carboxylic acid groups (broad SMARTS) is 1. The van der Waals surface area contributed by atoms with E-state index in [-0.39, 0.29) is 24.2 Å². The molecule has 1 N–H and O–H groups in total. The number of fused-ring (bicyclic) bond motifs is 3. The fraction of sp³-hybridized carbons (Fsp3) is 0.875. The number of rotatable bonds is 0. The number of hydrogen-bond acceptors (Lipinski definition) is 3. The fourth-order valence-corrected chi connectivity index (χ4v) is 2.33. The van der Waals surface area contributed by atoms with Gasteiger partial charge in [-0.1, -0.05) is 0 Å². The quantitative estimate of drug-likeness (QED) is 0.529. The monoisotopic (exact) mass is 185 g/mol. The van der Waals surface area contributed by atoms with E-state index in [0.29, 0.717) is 19.7 Å². The van der Waals surface area contributed by atoms with E-state index in [2.05, 4.69) is 0 Å². The van der Waals surface area contributed by atoms with Crippen LogP contribution in [0.1, 0.15) is 0 Å². The minimum Gasteiger partial charge on any atom is -0.465 e. The van der Waals surface area contributed by atoms with Crippen molar-refractivity contribution >= 4 is 6.09 Å². The minimum absolute atomic E-state index is 0.0693. The molecule has 3 aliphatic heterocycles. The van der Waals surface area contributed by atoms with Crippen LogP contribution in [-0.2, 0) is 9.47 Å². The maximum atomic E-state index is 10.7. The molecular weight excluding hydrogens is 174 g/mol. The Morgan fingerprint density at radius 2 is 2.23 bits per heavy atom. The van der Waals surface area contributed by atoms with Gasteiger partial charge in [-0.3, -0.25) is 0 Å². The van der Waals surface area contributed by atoms with Gasteiger partial charge in [-0.25, -0.2) is 4.79 Å². The molecule has 3 fully saturated rings. The van der Waals surface area contributed by atoms with Gasteiger partial charge in [0.05, 0.1) is 25.4 Å². The van der Waals surface area contributed by atoms with Crippen LogP contribution in [0.15, 0.2) is 0 Å². The predicted octanol–water partition coefficient (Wildman–Crippen LogP) is -0.238. The van der Waals surface area contributed by atoms with Gasteiger partial charge in [-0.15, -0.1) is 0 Å². The molecule has 3 aliphatic rings. The van der Waals surface area contributed by atoms with E-state index in [1.54, 1.807) is 0 Å². The van der Waals surface area contributed by atoms with Crippen LogP contribution >= 0.6 is 0 Å². The zero-order chi connectivity index (χ0) is 9.00. The lowest BCUT2D eigenvalue weighted by Gasteiger charge is -2.20. The van der Waals surface area contributed by atoms with E-state index in [0.717, 1.165) is 0 Å². The Hall–Kier alpha value is -0.810. The minimum atomic E-state index is -0.852. The molecule has 0 radical (unpaired) electrons. The highest BCUT2D eigenvalue weighted by Gasteiger charge is 2.56. The highest BCUT2D eigenvalue weighted by Crippen LogP contribution is 2.40. The lowest BCUT2D eigenvalue weighted by Crippen LogP contribution is -2.34. The molecule has 0 saturated carbocycles. The summed E-state index contributed by atoms with van der Waals surface area (Å²) in [5.74, 6) is 0.273. The van der Waals surface area contributed by atoms with Crippen LogP contribution < -0.4 is 0 Å². The van der Waals surface area contributed by atoms with Crippen molar-refractivity contribution in [1.82, 2.24) is 4.90 Å². The van der Waals surface area contributed by atoms with Crippen LogP contribution in [0, 0.1) is 5.92 Å². The molecule has 0 bridgehead atoms. The first-order chi connectivity index (χ1) is 6.25. The first-order valence-corrected chi connectivity index (χ1v) is 4.50. The second kappa shape index (κ2) is 2.36. The third-order valence-corrected chi connectivity index (χ3v) is 3.10. The summed E-state index contributed by atoms with van der Waals surface area (Å²) in [6, 6.07) is 0. The Labute approximate surface area is 75.2 Å². The Morgan fingerprint density at radius 3 is 3.00 bits per heavy atom. The van der Waals surface area contributed by atoms with Gasteiger partial charge in [0.25, 0.3) is 0 Å². The highest BCUT2D eigenvalue weighted by atomic mass is 16.6. The molecule has 0 aromatic rings. The van der Waals surface area contributed by atoms with Gasteiger partial charge in [0.1, 0.15) is 6.10 Å². The topological polar surface area (TPSA) is 62.3 Å². The largest absolute Gasteiger partial charge is 0.465 e. The van der Waals surface area contributed by atoms with Gasteiger partial charge in [-0.05, 0) is 0 Å². The Bertz CT molecular complexity index is 257. The lowest BCUT2D eigenvalue weighted by molar-refractivity contribution is 0.0154. The molecule has 5 heteroatoms. The summed E-state index contributed by atoms with van der Waals surface area (Å²) in [7, 11) is 0. The summed E-state index contributed by atoms with van der Waals surface area (Å²) in [6.07, 6.45) is -0.270. The first-order valence-electron chi connectivity index (χ1n) is 4.50. The van der Waals surface area contributed by atoms with Gasteiger partial charge in [0.15, 0.2) is 0 Å². The van der Waals surface area contributed by atoms with E-state index in [4.69, 9.17) is 14.6 Å². The van der Waals surface area contributed by atoms with E-state index in [1.165, 1.54) is 4.90 Å². The van der Waals surface area contributed by atoms with Gasteiger partial charge in [0.2, 0.25) is 0 Å². The normalized spacial score (nSPS) is 46.9. The fourth-order valence-electron chi connectivity index (χ4n) is 2.33. The standard InChI is InChI=1S/C8H11NO4/c10-8(11)9-1-4-5(2-9)12-3-6-7(4)13-6/h4-7H,1-3H2,(H,10,11)/t4-,5-,6-,7+/m0/s1. The second-order valence-corrected chi connectivity index (χ2v) is 3.86. The van der Waals surface area contributed by atoms with Crippen LogP contribution in [0.5, 0.6) is 0 Å². The van der Waals surface area contributed by atoms with Crippen LogP contribution in [0.3, 0.4) is 0 Å². The summed E-state index contributed by atoms with van der Waals surface area (Å²) in [5.41, 5.74) is 0. The zero-order valence-corrected chi connectivity index (χ0v) is 7.05. The molecule has 3 saturated heterocycles. The number of carbonyl (C=O) groups is 1. The van der Waals surface area contributed by atoms with Crippen LogP contribution in [0.2, 0.25) is 0 Å². The maximum absolute atomic E-state index is 10.7. The predicted molar refractivity (Wildman–Crippen MR) is 41.5 cm³/mol. The van der Waals surface area contributed by atoms with Crippen molar-refractivity contribution in [3.05, 3.63) is 0 Å². The molecule has 72 valence electrons. The number of likely N-dealkylation sites (tertiary alicyclic amines) is 1. The molecule has 13 heavy (non-hydrogen) atoms. The molecule has 0 aliphatic carbocycles. The molecule has 0 aromatic carbocycles. The van der Waals surface area contributed by atoms with Crippen LogP contribution in [0.25, 0.3) is 0 Å². The molecule has 3 rings (SSSR count). The smallest absolute Gasteiger partial charge is 0.407 e. The average Bonchev–Trinajstić information content (AvgIpc) is 2.76. The third kappa shape index (κ3) is 1.04. The summed E-state index contributed by atoms with van der Waals surface area (Å²) in [4.78, 5) is 12.1. The van der Waals surface area contributed by atoms with Crippen molar-refractivity contribution in [2.75, 3.05) is 19.7 Å². The van der Waals surface area contributed by atoms with Crippen molar-refractivity contribution in [3.63, 3.8) is 0 Å². The summed E-state index contributed by atoms with van der Waals surface area (Å²) in [6.45, 7) is 1.72. The van der Waals surface area contributed by atoms with Crippen molar-refractivity contribution < 1.29 is 19.4 Å². The van der Waals surface area contributed by atoms with Crippen molar-refractivity contribution in [2.45, 2.75) is 18.3 Å². The average molecular weight is 185 g/mol. The number of amides is 1. The molecule has 4 atom stereocenters. The SMILES string of the molecule is O=C(O)N1C[C@@H]2[C@H]3O[C@H]3CO[C@H]2C1. The second-order valence-electron chi connectivity index (χ2n) is 3.86. The van der Waals surface area contributed by atoms with Crippen molar-refractivity contribution in [1.29, 1.82) is 0 Å². The van der Waals surface area contributed by atoms with E-state index in [9.17, 15) is 4.79 Å². The number of epoxide rings is 1. The van der Waals surface area contributed by atoms with Crippen LogP contribution in [0.4, 0.5) is 4.79 Å². The van der Waals surface area contributed by atoms with E-state index in [1.807, 2.05) is 0 Å². The third-order valence-electron chi connectivity index (χ3n) is 3.10. The number of ether oxygens (including phenoxy) is 2. The van der Waals surface area contributed by atoms with Gasteiger partial charge in [-0.2, -0.15) is 0 Å². The van der Waals surface area contributed by atoms with Gasteiger partial charge >= 0.3 is 6.09 Å². The van der Waals surface area contributed by atoms with Crippen molar-refractivity contribution in [2.24, 2.45) is 5.92 Å². The Balaban J connectivity index is 1.75. The molecule has 0 spiro atoms. The number of nitrogens with zero attached hydrogens (tertiary/aromatic N) is 1. The van der Waals surface area contributed by atoms with E-state index < -0.39 is 6.09 Å². The molecule has 0 unspecified atom stereocenters. The lowest BCUT2D eigenvalue weighted by atomic mass is 9.98. The van der Waals surface area contributed by atoms with Gasteiger partial charge < -0.3 is 19.5 Å². The molecule has 3 heterocycles. The Morgan fingerprint density at radius 1 is 1.38 bits per heavy atom. The Kier molecular flexibility index (Phi) is 1.38.